The number of aromatic nitrogens is 14. The highest BCUT2D eigenvalue weighted by Crippen LogP contribution is 2.42. The van der Waals surface area contributed by atoms with E-state index in [1.807, 2.05) is 4.98 Å². The zero-order chi connectivity index (χ0) is 57.6. The monoisotopic (exact) mass is 1120 g/mol. The quantitative estimate of drug-likeness (QED) is 0.0477. The number of hydrogen-bond acceptors (Lipinski definition) is 28. The van der Waals surface area contributed by atoms with Gasteiger partial charge in [-0.25, -0.2) is 24.4 Å². The maximum absolute atomic E-state index is 13.7. The normalized spacial score (nSPS) is 20.2. The van der Waals surface area contributed by atoms with E-state index in [9.17, 15) is 57.3 Å². The molecule has 39 heteroatoms. The molecule has 0 spiro atoms. The summed E-state index contributed by atoms with van der Waals surface area (Å²) >= 11 is 0. The molecule has 36 nitrogen and oxygen atoms in total. The lowest BCUT2D eigenvalue weighted by molar-refractivity contribution is -0.140. The number of imidazole rings is 2. The van der Waals surface area contributed by atoms with Crippen molar-refractivity contribution in [2.75, 3.05) is 62.6 Å². The van der Waals surface area contributed by atoms with Gasteiger partial charge in [-0.2, -0.15) is 33.1 Å². The lowest BCUT2D eigenvalue weighted by Crippen LogP contribution is -2.41. The van der Waals surface area contributed by atoms with Gasteiger partial charge in [0, 0.05) is 18.6 Å². The Balaban J connectivity index is 0.000000182. The van der Waals surface area contributed by atoms with Crippen molar-refractivity contribution < 1.29 is 73.0 Å². The number of fused-ring (bicyclic) bond motifs is 2. The maximum Gasteiger partial charge on any atom is 0.351 e. The SMILES string of the molecule is Nc1ccn([C@@H]2O[C@H](CO)[C@@H](O)C2(F)F)c(=O)n1.Nc1ccn([C@@H]2O[C@H](CO)[C@@H](O)[C@@H]2O)c(=O)n1.Nc1nc2c(ncn2COC(CO)CO)c(=O)[nH]1.Nc1nc2c(ncn2COCCO)c(=O)[nH]1.O=c1[nH]cc(F)c(=O)[nH]1. The van der Waals surface area contributed by atoms with Gasteiger partial charge in [0.05, 0.1) is 52.3 Å². The lowest BCUT2D eigenvalue weighted by atomic mass is 10.1. The molecule has 0 saturated carbocycles. The van der Waals surface area contributed by atoms with E-state index in [-0.39, 0.29) is 85.7 Å². The predicted molar refractivity (Wildman–Crippen MR) is 256 cm³/mol. The Morgan fingerprint density at radius 3 is 1.67 bits per heavy atom. The van der Waals surface area contributed by atoms with Crippen LogP contribution in [0.1, 0.15) is 12.5 Å². The number of alkyl halides is 2. The summed E-state index contributed by atoms with van der Waals surface area (Å²) < 4.78 is 64.2. The molecule has 2 saturated heterocycles. The van der Waals surface area contributed by atoms with E-state index in [1.165, 1.54) is 34.1 Å². The summed E-state index contributed by atoms with van der Waals surface area (Å²) in [4.78, 5) is 97.0. The van der Waals surface area contributed by atoms with Crippen LogP contribution in [0.15, 0.2) is 72.1 Å². The number of nitrogen functional groups attached to an aromatic ring is 4. The summed E-state index contributed by atoms with van der Waals surface area (Å²) in [5, 5.41) is 72.5. The Kier molecular flexibility index (Phi) is 21.0. The summed E-state index contributed by atoms with van der Waals surface area (Å²) in [6.45, 7) is -1.55. The van der Waals surface area contributed by atoms with Crippen molar-refractivity contribution in [2.24, 2.45) is 0 Å². The molecular weight excluding hydrogens is 1070 g/mol. The molecule has 20 N–H and O–H groups in total. The third-order valence-corrected chi connectivity index (χ3v) is 10.4. The highest BCUT2D eigenvalue weighted by molar-refractivity contribution is 5.71. The van der Waals surface area contributed by atoms with Gasteiger partial charge in [-0.05, 0) is 12.1 Å². The predicted octanol–water partition coefficient (Wildman–Crippen LogP) is -7.95. The number of aliphatic hydroxyl groups excluding tert-OH is 8. The Labute approximate surface area is 429 Å². The number of nitrogens with one attached hydrogen (secondary N) is 4. The third kappa shape index (κ3) is 14.8. The highest BCUT2D eigenvalue weighted by atomic mass is 19.3. The van der Waals surface area contributed by atoms with Gasteiger partial charge in [0.25, 0.3) is 16.7 Å². The average molecular weight is 1120 g/mol. The topological polar surface area (TPSA) is 565 Å². The van der Waals surface area contributed by atoms with Crippen LogP contribution in [-0.2, 0) is 32.4 Å². The molecule has 7 aromatic heterocycles. The van der Waals surface area contributed by atoms with Crippen LogP contribution in [0, 0.1) is 5.82 Å². The van der Waals surface area contributed by atoms with Crippen LogP contribution < -0.4 is 56.7 Å². The van der Waals surface area contributed by atoms with Crippen molar-refractivity contribution >= 4 is 45.9 Å². The van der Waals surface area contributed by atoms with Gasteiger partial charge in [0.1, 0.15) is 55.6 Å². The van der Waals surface area contributed by atoms with E-state index in [1.54, 1.807) is 4.98 Å². The fourth-order valence-corrected chi connectivity index (χ4v) is 6.55. The van der Waals surface area contributed by atoms with E-state index in [0.29, 0.717) is 16.4 Å². The molecule has 0 unspecified atom stereocenters. The van der Waals surface area contributed by atoms with Crippen LogP contribution in [0.4, 0.5) is 36.7 Å². The number of halogens is 3. The van der Waals surface area contributed by atoms with Crippen molar-refractivity contribution in [1.29, 1.82) is 0 Å². The third-order valence-electron chi connectivity index (χ3n) is 10.4. The molecule has 9 heterocycles. The number of rotatable bonds is 13. The molecule has 426 valence electrons. The molecule has 0 radical (unpaired) electrons. The maximum atomic E-state index is 13.7. The number of nitrogens with two attached hydrogens (primary N) is 4. The molecule has 0 aromatic carbocycles. The zero-order valence-electron chi connectivity index (χ0n) is 39.9. The van der Waals surface area contributed by atoms with Gasteiger partial charge in [-0.15, -0.1) is 0 Å². The van der Waals surface area contributed by atoms with E-state index in [0.717, 1.165) is 16.8 Å². The zero-order valence-corrected chi connectivity index (χ0v) is 39.9. The van der Waals surface area contributed by atoms with Gasteiger partial charge in [-0.3, -0.25) is 47.6 Å². The molecule has 2 aliphatic rings. The van der Waals surface area contributed by atoms with E-state index in [4.69, 9.17) is 67.4 Å². The standard InChI is InChI=1S/C9H11F2N3O4.C9H13N5O4.C9H13N3O5.C8H11N5O3.C4H3FN2O2/c10-9(11)6(16)4(3-15)18-7(9)14-2-1-5(12)13-8(14)17;10-9-12-7-6(8(17)13-9)11-3-14(7)4-18-5(1-15)2-16;10-5-1-2-12(9(16)11-5)8-7(15)6(14)4(3-13)17-8;9-8-11-6-5(7(15)12-8)10-3-13(6)4-16-2-1-14;5-2-1-6-4(9)7-3(2)8/h1-2,4,6-7,15-16H,3H2,(H2,12,13,17);3,5,15-16H,1-2,4H2,(H3,10,12,13,17);1-2,4,6-8,13-15H,3H2,(H2,10,11,16);3,14H,1-2,4H2,(H3,9,11,12,15);1H,(H2,6,7,8,9)/t4-,6-,7-;;4-,6-,7+,8-;;/m1.1../s1. The first-order valence-corrected chi connectivity index (χ1v) is 22.0. The molecule has 0 aliphatic carbocycles. The number of H-pyrrole nitrogens is 4. The molecule has 0 bridgehead atoms. The van der Waals surface area contributed by atoms with Crippen molar-refractivity contribution in [3.05, 3.63) is 112 Å². The molecule has 2 aliphatic heterocycles. The first kappa shape index (κ1) is 60.5. The minimum atomic E-state index is -3.71. The minimum Gasteiger partial charge on any atom is -0.394 e. The molecule has 7 aromatic rings. The van der Waals surface area contributed by atoms with E-state index < -0.39 is 102 Å². The van der Waals surface area contributed by atoms with Crippen LogP contribution in [-0.4, -0.2) is 191 Å². The minimum absolute atomic E-state index is 0.00181. The molecule has 2 fully saturated rings. The highest BCUT2D eigenvalue weighted by Gasteiger charge is 2.59. The van der Waals surface area contributed by atoms with Crippen LogP contribution >= 0.6 is 0 Å². The summed E-state index contributed by atoms with van der Waals surface area (Å²) in [6, 6.07) is 2.52. The van der Waals surface area contributed by atoms with Crippen LogP contribution in [0.25, 0.3) is 22.3 Å². The number of nitrogens with zero attached hydrogens (tertiary/aromatic N) is 10. The van der Waals surface area contributed by atoms with Crippen molar-refractivity contribution in [1.82, 2.24) is 68.1 Å². The van der Waals surface area contributed by atoms with Crippen LogP contribution in [0.2, 0.25) is 0 Å². The van der Waals surface area contributed by atoms with Crippen LogP contribution in [0.5, 0.6) is 0 Å². The van der Waals surface area contributed by atoms with Crippen molar-refractivity contribution in [2.45, 2.75) is 68.5 Å². The molecular formula is C39H51F3N18O18. The second-order valence-electron chi connectivity index (χ2n) is 15.8. The first-order valence-electron chi connectivity index (χ1n) is 22.0. The fraction of sp³-hybridized carbons (Fsp3) is 0.436. The second-order valence-corrected chi connectivity index (χ2v) is 15.8. The van der Waals surface area contributed by atoms with Crippen LogP contribution in [0.3, 0.4) is 0 Å². The van der Waals surface area contributed by atoms with Gasteiger partial charge in [0.15, 0.2) is 34.7 Å². The fourth-order valence-electron chi connectivity index (χ4n) is 6.55. The molecule has 9 rings (SSSR count). The van der Waals surface area contributed by atoms with Crippen molar-refractivity contribution in [3.8, 4) is 0 Å². The smallest absolute Gasteiger partial charge is 0.351 e. The largest absolute Gasteiger partial charge is 0.394 e. The summed E-state index contributed by atoms with van der Waals surface area (Å²) in [6.07, 6.45) is -5.13. The number of ether oxygens (including phenoxy) is 4. The Morgan fingerprint density at radius 2 is 1.22 bits per heavy atom. The molecule has 78 heavy (non-hydrogen) atoms. The second kappa shape index (κ2) is 27.1. The number of aliphatic hydroxyl groups is 8. The van der Waals surface area contributed by atoms with Gasteiger partial charge in [-0.1, -0.05) is 0 Å². The Morgan fingerprint density at radius 1 is 0.692 bits per heavy atom. The Hall–Kier alpha value is -8.35. The van der Waals surface area contributed by atoms with Gasteiger partial charge >= 0.3 is 23.0 Å². The number of hydrogen-bond donors (Lipinski definition) is 16. The summed E-state index contributed by atoms with van der Waals surface area (Å²) in [7, 11) is 0. The summed E-state index contributed by atoms with van der Waals surface area (Å²) in [5.74, 6) is -4.75. The van der Waals surface area contributed by atoms with E-state index in [2.05, 4.69) is 39.9 Å². The average Bonchev–Trinajstić information content (AvgIpc) is 4.13. The molecule has 7 atom stereocenters. The number of anilines is 4. The summed E-state index contributed by atoms with van der Waals surface area (Å²) in [5.41, 5.74) is 18.2. The van der Waals surface area contributed by atoms with Gasteiger partial charge < -0.3 is 87.7 Å². The first-order chi connectivity index (χ1) is 37.0. The van der Waals surface area contributed by atoms with Crippen molar-refractivity contribution in [3.63, 3.8) is 0 Å². The Bertz CT molecular complexity index is 3460. The van der Waals surface area contributed by atoms with E-state index >= 15 is 0 Å². The lowest BCUT2D eigenvalue weighted by Gasteiger charge is -2.20. The van der Waals surface area contributed by atoms with Gasteiger partial charge in [0.2, 0.25) is 23.9 Å². The number of aromatic amines is 4. The molecule has 0 amide bonds.